The average molecular weight is 336 g/mol. The summed E-state index contributed by atoms with van der Waals surface area (Å²) < 4.78 is 5.79. The molecule has 0 aromatic heterocycles. The van der Waals surface area contributed by atoms with Gasteiger partial charge in [0.1, 0.15) is 11.5 Å². The minimum Gasteiger partial charge on any atom is -0.457 e. The molecule has 0 N–H and O–H groups in total. The van der Waals surface area contributed by atoms with Crippen LogP contribution in [0, 0.1) is 0 Å². The van der Waals surface area contributed by atoms with Crippen molar-refractivity contribution in [3.63, 3.8) is 0 Å². The molecule has 2 aromatic rings. The molecule has 2 fully saturated rings. The second-order valence-electron chi connectivity index (χ2n) is 6.88. The van der Waals surface area contributed by atoms with Gasteiger partial charge in [-0.25, -0.2) is 0 Å². The molecule has 0 bridgehead atoms. The predicted molar refractivity (Wildman–Crippen MR) is 98.1 cm³/mol. The fraction of sp³-hybridized carbons (Fsp3) is 0.381. The standard InChI is InChI=1S/C21H24N2O2/c24-21(23-15-12-18(16-23)22-13-4-5-14-22)17-8-10-20(11-9-17)25-19-6-2-1-3-7-19/h1-3,6-11,18H,4-5,12-16H2/t18-/m0/s1. The predicted octanol–water partition coefficient (Wildman–Crippen LogP) is 3.79. The second-order valence-corrected chi connectivity index (χ2v) is 6.88. The highest BCUT2D eigenvalue weighted by Gasteiger charge is 2.31. The molecule has 0 unspecified atom stereocenters. The summed E-state index contributed by atoms with van der Waals surface area (Å²) in [6, 6.07) is 17.7. The second kappa shape index (κ2) is 7.28. The Bertz CT molecular complexity index is 708. The van der Waals surface area contributed by atoms with Gasteiger partial charge in [-0.3, -0.25) is 9.69 Å². The Morgan fingerprint density at radius 3 is 2.28 bits per heavy atom. The third-order valence-corrected chi connectivity index (χ3v) is 5.19. The van der Waals surface area contributed by atoms with Gasteiger partial charge < -0.3 is 9.64 Å². The zero-order valence-corrected chi connectivity index (χ0v) is 14.4. The first kappa shape index (κ1) is 16.2. The van der Waals surface area contributed by atoms with Gasteiger partial charge in [-0.05, 0) is 68.8 Å². The van der Waals surface area contributed by atoms with Crippen LogP contribution in [-0.2, 0) is 0 Å². The largest absolute Gasteiger partial charge is 0.457 e. The molecule has 1 atom stereocenters. The number of rotatable bonds is 4. The van der Waals surface area contributed by atoms with E-state index in [0.717, 1.165) is 36.6 Å². The van der Waals surface area contributed by atoms with Gasteiger partial charge in [0.2, 0.25) is 0 Å². The first-order valence-electron chi connectivity index (χ1n) is 9.16. The van der Waals surface area contributed by atoms with Crippen LogP contribution in [0.25, 0.3) is 0 Å². The molecule has 0 radical (unpaired) electrons. The molecule has 2 saturated heterocycles. The summed E-state index contributed by atoms with van der Waals surface area (Å²) in [4.78, 5) is 17.3. The van der Waals surface area contributed by atoms with Crippen LogP contribution in [0.2, 0.25) is 0 Å². The number of hydrogen-bond donors (Lipinski definition) is 0. The highest BCUT2D eigenvalue weighted by molar-refractivity contribution is 5.94. The molecule has 4 nitrogen and oxygen atoms in total. The van der Waals surface area contributed by atoms with Gasteiger partial charge in [-0.2, -0.15) is 0 Å². The van der Waals surface area contributed by atoms with Crippen molar-refractivity contribution in [1.29, 1.82) is 0 Å². The molecule has 2 aromatic carbocycles. The van der Waals surface area contributed by atoms with Gasteiger partial charge >= 0.3 is 0 Å². The topological polar surface area (TPSA) is 32.8 Å². The molecular formula is C21H24N2O2. The maximum atomic E-state index is 12.7. The number of nitrogens with zero attached hydrogens (tertiary/aromatic N) is 2. The Morgan fingerprint density at radius 2 is 1.56 bits per heavy atom. The zero-order chi connectivity index (χ0) is 17.1. The average Bonchev–Trinajstić information content (AvgIpc) is 3.34. The first-order valence-corrected chi connectivity index (χ1v) is 9.16. The molecule has 0 saturated carbocycles. The van der Waals surface area contributed by atoms with Crippen LogP contribution in [-0.4, -0.2) is 47.9 Å². The quantitative estimate of drug-likeness (QED) is 0.851. The van der Waals surface area contributed by atoms with Gasteiger partial charge in [0, 0.05) is 24.7 Å². The van der Waals surface area contributed by atoms with E-state index in [-0.39, 0.29) is 5.91 Å². The molecule has 25 heavy (non-hydrogen) atoms. The fourth-order valence-corrected chi connectivity index (χ4v) is 3.80. The summed E-state index contributed by atoms with van der Waals surface area (Å²) in [5, 5.41) is 0. The smallest absolute Gasteiger partial charge is 0.253 e. The van der Waals surface area contributed by atoms with Crippen LogP contribution in [0.1, 0.15) is 29.6 Å². The van der Waals surface area contributed by atoms with Gasteiger partial charge in [-0.1, -0.05) is 18.2 Å². The molecule has 1 amide bonds. The Kier molecular flexibility index (Phi) is 4.70. The van der Waals surface area contributed by atoms with Crippen molar-refractivity contribution in [2.45, 2.75) is 25.3 Å². The molecule has 2 aliphatic rings. The van der Waals surface area contributed by atoms with E-state index >= 15 is 0 Å². The first-order chi connectivity index (χ1) is 12.3. The maximum Gasteiger partial charge on any atom is 0.253 e. The van der Waals surface area contributed by atoms with Crippen molar-refractivity contribution in [3.8, 4) is 11.5 Å². The molecule has 0 aliphatic carbocycles. The van der Waals surface area contributed by atoms with E-state index in [9.17, 15) is 4.79 Å². The van der Waals surface area contributed by atoms with E-state index in [4.69, 9.17) is 4.74 Å². The van der Waals surface area contributed by atoms with Crippen molar-refractivity contribution < 1.29 is 9.53 Å². The van der Waals surface area contributed by atoms with Crippen molar-refractivity contribution in [3.05, 3.63) is 60.2 Å². The zero-order valence-electron chi connectivity index (χ0n) is 14.4. The third kappa shape index (κ3) is 3.69. The fourth-order valence-electron chi connectivity index (χ4n) is 3.80. The summed E-state index contributed by atoms with van der Waals surface area (Å²) in [5.41, 5.74) is 0.738. The molecular weight excluding hydrogens is 312 g/mol. The van der Waals surface area contributed by atoms with Crippen LogP contribution in [0.5, 0.6) is 11.5 Å². The maximum absolute atomic E-state index is 12.7. The van der Waals surface area contributed by atoms with Gasteiger partial charge in [0.05, 0.1) is 0 Å². The monoisotopic (exact) mass is 336 g/mol. The van der Waals surface area contributed by atoms with Gasteiger partial charge in [-0.15, -0.1) is 0 Å². The molecule has 130 valence electrons. The van der Waals surface area contributed by atoms with E-state index < -0.39 is 0 Å². The normalized spacial score (nSPS) is 20.8. The Hall–Kier alpha value is -2.33. The van der Waals surface area contributed by atoms with Gasteiger partial charge in [0.15, 0.2) is 0 Å². The lowest BCUT2D eigenvalue weighted by atomic mass is 10.2. The third-order valence-electron chi connectivity index (χ3n) is 5.19. The van der Waals surface area contributed by atoms with E-state index in [0.29, 0.717) is 6.04 Å². The van der Waals surface area contributed by atoms with Crippen molar-refractivity contribution in [1.82, 2.24) is 9.80 Å². The van der Waals surface area contributed by atoms with Crippen molar-refractivity contribution >= 4 is 5.91 Å². The highest BCUT2D eigenvalue weighted by Crippen LogP contribution is 2.24. The SMILES string of the molecule is O=C(c1ccc(Oc2ccccc2)cc1)N1CC[C@H](N2CCCC2)C1. The van der Waals surface area contributed by atoms with Crippen LogP contribution >= 0.6 is 0 Å². The van der Waals surface area contributed by atoms with Crippen LogP contribution in [0.4, 0.5) is 0 Å². The van der Waals surface area contributed by atoms with Crippen molar-refractivity contribution in [2.24, 2.45) is 0 Å². The number of hydrogen-bond acceptors (Lipinski definition) is 3. The van der Waals surface area contributed by atoms with Gasteiger partial charge in [0.25, 0.3) is 5.91 Å². The Balaban J connectivity index is 1.37. The number of para-hydroxylation sites is 1. The summed E-state index contributed by atoms with van der Waals surface area (Å²) in [7, 11) is 0. The minimum absolute atomic E-state index is 0.132. The summed E-state index contributed by atoms with van der Waals surface area (Å²) >= 11 is 0. The van der Waals surface area contributed by atoms with Crippen molar-refractivity contribution in [2.75, 3.05) is 26.2 Å². The number of benzene rings is 2. The van der Waals surface area contributed by atoms with Crippen LogP contribution in [0.3, 0.4) is 0 Å². The summed E-state index contributed by atoms with van der Waals surface area (Å²) in [6.07, 6.45) is 3.70. The van der Waals surface area contributed by atoms with Crippen LogP contribution < -0.4 is 4.74 Å². The Morgan fingerprint density at radius 1 is 0.880 bits per heavy atom. The number of amides is 1. The highest BCUT2D eigenvalue weighted by atomic mass is 16.5. The number of carbonyl (C=O) groups excluding carboxylic acids is 1. The van der Waals surface area contributed by atoms with E-state index in [1.807, 2.05) is 59.5 Å². The Labute approximate surface area is 149 Å². The number of likely N-dealkylation sites (tertiary alicyclic amines) is 2. The molecule has 4 rings (SSSR count). The van der Waals surface area contributed by atoms with E-state index in [1.165, 1.54) is 25.9 Å². The molecule has 0 spiro atoms. The van der Waals surface area contributed by atoms with Crippen LogP contribution in [0.15, 0.2) is 54.6 Å². The van der Waals surface area contributed by atoms with E-state index in [2.05, 4.69) is 4.90 Å². The lowest BCUT2D eigenvalue weighted by molar-refractivity contribution is 0.0780. The molecule has 4 heteroatoms. The lowest BCUT2D eigenvalue weighted by Gasteiger charge is -2.23. The summed E-state index contributed by atoms with van der Waals surface area (Å²) in [6.45, 7) is 4.11. The molecule has 2 heterocycles. The number of carbonyl (C=O) groups is 1. The number of ether oxygens (including phenoxy) is 1. The minimum atomic E-state index is 0.132. The van der Waals surface area contributed by atoms with E-state index in [1.54, 1.807) is 0 Å². The molecule has 2 aliphatic heterocycles. The lowest BCUT2D eigenvalue weighted by Crippen LogP contribution is -2.37. The summed E-state index contributed by atoms with van der Waals surface area (Å²) in [5.74, 6) is 1.68.